The fourth-order valence-electron chi connectivity index (χ4n) is 4.14. The standard InChI is InChI=1S/C26H21NS/c1-4-5-8-20-18(3)27(19-13-11-17(2)12-14-19)22-15-16-24-26(25(20)22)21-9-6-7-10-23(21)28-24/h4-16H,1H2,2-3H3/b8-5-. The van der Waals surface area contributed by atoms with Gasteiger partial charge in [0.2, 0.25) is 0 Å². The molecule has 0 aliphatic rings. The molecule has 0 fully saturated rings. The second kappa shape index (κ2) is 6.50. The highest BCUT2D eigenvalue weighted by atomic mass is 32.1. The molecule has 0 saturated heterocycles. The molecule has 0 bridgehead atoms. The van der Waals surface area contributed by atoms with Crippen molar-refractivity contribution in [2.75, 3.05) is 0 Å². The number of hydrogen-bond donors (Lipinski definition) is 0. The summed E-state index contributed by atoms with van der Waals surface area (Å²) >= 11 is 1.87. The molecular formula is C26H21NS. The number of fused-ring (bicyclic) bond motifs is 5. The topological polar surface area (TPSA) is 4.93 Å². The molecule has 2 aromatic heterocycles. The van der Waals surface area contributed by atoms with Gasteiger partial charge in [-0.05, 0) is 44.2 Å². The number of thiophene rings is 1. The number of hydrogen-bond acceptors (Lipinski definition) is 1. The lowest BCUT2D eigenvalue weighted by Gasteiger charge is -2.09. The number of rotatable bonds is 3. The molecule has 0 aliphatic carbocycles. The lowest BCUT2D eigenvalue weighted by Crippen LogP contribution is -1.96. The smallest absolute Gasteiger partial charge is 0.0544 e. The summed E-state index contributed by atoms with van der Waals surface area (Å²) in [5.74, 6) is 0. The molecule has 0 amide bonds. The quantitative estimate of drug-likeness (QED) is 0.282. The molecule has 136 valence electrons. The van der Waals surface area contributed by atoms with E-state index in [2.05, 4.69) is 91.7 Å². The Morgan fingerprint density at radius 1 is 0.857 bits per heavy atom. The summed E-state index contributed by atoms with van der Waals surface area (Å²) in [4.78, 5) is 0. The highest BCUT2D eigenvalue weighted by Gasteiger charge is 2.18. The first-order chi connectivity index (χ1) is 13.7. The molecule has 5 aromatic rings. The zero-order valence-electron chi connectivity index (χ0n) is 16.1. The molecule has 1 nitrogen and oxygen atoms in total. The van der Waals surface area contributed by atoms with Gasteiger partial charge in [0.15, 0.2) is 0 Å². The summed E-state index contributed by atoms with van der Waals surface area (Å²) in [7, 11) is 0. The van der Waals surface area contributed by atoms with Gasteiger partial charge in [0.1, 0.15) is 0 Å². The van der Waals surface area contributed by atoms with E-state index in [9.17, 15) is 0 Å². The largest absolute Gasteiger partial charge is 0.313 e. The van der Waals surface area contributed by atoms with E-state index in [1.165, 1.54) is 53.6 Å². The maximum absolute atomic E-state index is 3.87. The molecule has 28 heavy (non-hydrogen) atoms. The molecule has 2 heteroatoms. The van der Waals surface area contributed by atoms with Crippen molar-refractivity contribution in [3.05, 3.63) is 96.2 Å². The highest BCUT2D eigenvalue weighted by Crippen LogP contribution is 2.42. The van der Waals surface area contributed by atoms with E-state index < -0.39 is 0 Å². The molecule has 0 aliphatic heterocycles. The van der Waals surface area contributed by atoms with Gasteiger partial charge in [-0.15, -0.1) is 11.3 Å². The Bertz CT molecular complexity index is 1380. The van der Waals surface area contributed by atoms with Crippen LogP contribution in [0.25, 0.3) is 42.8 Å². The molecule has 0 spiro atoms. The average molecular weight is 380 g/mol. The lowest BCUT2D eigenvalue weighted by molar-refractivity contribution is 1.05. The minimum Gasteiger partial charge on any atom is -0.313 e. The van der Waals surface area contributed by atoms with Gasteiger partial charge in [0.05, 0.1) is 5.52 Å². The first-order valence-corrected chi connectivity index (χ1v) is 10.3. The first kappa shape index (κ1) is 17.0. The molecule has 0 radical (unpaired) electrons. The van der Waals surface area contributed by atoms with Crippen LogP contribution in [0.15, 0.2) is 79.4 Å². The molecule has 3 aromatic carbocycles. The van der Waals surface area contributed by atoms with Crippen LogP contribution < -0.4 is 0 Å². The molecule has 0 atom stereocenters. The van der Waals surface area contributed by atoms with E-state index in [0.717, 1.165) is 0 Å². The van der Waals surface area contributed by atoms with Gasteiger partial charge in [-0.25, -0.2) is 0 Å². The molecule has 0 unspecified atom stereocenters. The van der Waals surface area contributed by atoms with Gasteiger partial charge >= 0.3 is 0 Å². The van der Waals surface area contributed by atoms with Crippen molar-refractivity contribution in [3.63, 3.8) is 0 Å². The lowest BCUT2D eigenvalue weighted by atomic mass is 10.0. The molecule has 2 heterocycles. The Balaban J connectivity index is 1.98. The predicted molar refractivity (Wildman–Crippen MR) is 125 cm³/mol. The third-order valence-electron chi connectivity index (χ3n) is 5.45. The SMILES string of the molecule is C=C/C=C\c1c(C)n(-c2ccc(C)cc2)c2ccc3sc4ccccc4c3c12. The summed E-state index contributed by atoms with van der Waals surface area (Å²) in [5.41, 5.74) is 6.24. The Kier molecular flexibility index (Phi) is 3.96. The number of benzene rings is 3. The second-order valence-electron chi connectivity index (χ2n) is 7.20. The van der Waals surface area contributed by atoms with E-state index in [-0.39, 0.29) is 0 Å². The average Bonchev–Trinajstić information content (AvgIpc) is 3.22. The normalized spacial score (nSPS) is 11.9. The fraction of sp³-hybridized carbons (Fsp3) is 0.0769. The van der Waals surface area contributed by atoms with Crippen LogP contribution in [-0.4, -0.2) is 4.57 Å². The van der Waals surface area contributed by atoms with Gasteiger partial charge in [-0.3, -0.25) is 0 Å². The number of nitrogens with zero attached hydrogens (tertiary/aromatic N) is 1. The van der Waals surface area contributed by atoms with Crippen molar-refractivity contribution in [2.45, 2.75) is 13.8 Å². The minimum atomic E-state index is 1.20. The van der Waals surface area contributed by atoms with Gasteiger partial charge in [-0.1, -0.05) is 60.7 Å². The van der Waals surface area contributed by atoms with Gasteiger partial charge < -0.3 is 4.57 Å². The highest BCUT2D eigenvalue weighted by molar-refractivity contribution is 7.26. The van der Waals surface area contributed by atoms with E-state index in [1.54, 1.807) is 0 Å². The number of aryl methyl sites for hydroxylation is 1. The number of allylic oxidation sites excluding steroid dienone is 2. The summed E-state index contributed by atoms with van der Waals surface area (Å²) < 4.78 is 5.05. The van der Waals surface area contributed by atoms with Crippen molar-refractivity contribution in [2.24, 2.45) is 0 Å². The molecular weight excluding hydrogens is 358 g/mol. The Morgan fingerprint density at radius 3 is 2.43 bits per heavy atom. The fourth-order valence-corrected chi connectivity index (χ4v) is 5.26. The van der Waals surface area contributed by atoms with Crippen molar-refractivity contribution < 1.29 is 0 Å². The van der Waals surface area contributed by atoms with Gasteiger partial charge in [0.25, 0.3) is 0 Å². The van der Waals surface area contributed by atoms with Gasteiger partial charge in [-0.2, -0.15) is 0 Å². The third-order valence-corrected chi connectivity index (χ3v) is 6.58. The third kappa shape index (κ3) is 2.45. The maximum Gasteiger partial charge on any atom is 0.0544 e. The summed E-state index contributed by atoms with van der Waals surface area (Å²) in [5, 5.41) is 4.02. The zero-order valence-corrected chi connectivity index (χ0v) is 16.9. The number of aromatic nitrogens is 1. The Labute approximate surface area is 168 Å². The van der Waals surface area contributed by atoms with Crippen molar-refractivity contribution >= 4 is 48.5 Å². The van der Waals surface area contributed by atoms with Crippen LogP contribution in [-0.2, 0) is 0 Å². The maximum atomic E-state index is 3.87. The van der Waals surface area contributed by atoms with Gasteiger partial charge in [0, 0.05) is 42.5 Å². The summed E-state index contributed by atoms with van der Waals surface area (Å²) in [6.45, 7) is 8.21. The molecule has 0 saturated carbocycles. The second-order valence-corrected chi connectivity index (χ2v) is 8.28. The van der Waals surface area contributed by atoms with Crippen LogP contribution in [0.2, 0.25) is 0 Å². The summed E-state index contributed by atoms with van der Waals surface area (Å²) in [6.07, 6.45) is 6.08. The van der Waals surface area contributed by atoms with Crippen molar-refractivity contribution in [1.29, 1.82) is 0 Å². The van der Waals surface area contributed by atoms with Crippen LogP contribution >= 0.6 is 11.3 Å². The predicted octanol–water partition coefficient (Wildman–Crippen LogP) is 7.81. The minimum absolute atomic E-state index is 1.20. The monoisotopic (exact) mass is 379 g/mol. The van der Waals surface area contributed by atoms with Crippen LogP contribution in [0.4, 0.5) is 0 Å². The van der Waals surface area contributed by atoms with Crippen molar-refractivity contribution in [3.8, 4) is 5.69 Å². The first-order valence-electron chi connectivity index (χ1n) is 9.50. The van der Waals surface area contributed by atoms with Crippen LogP contribution in [0.5, 0.6) is 0 Å². The van der Waals surface area contributed by atoms with Crippen LogP contribution in [0.3, 0.4) is 0 Å². The van der Waals surface area contributed by atoms with E-state index in [0.29, 0.717) is 0 Å². The van der Waals surface area contributed by atoms with Crippen LogP contribution in [0, 0.1) is 13.8 Å². The Hall–Kier alpha value is -3.10. The Morgan fingerprint density at radius 2 is 1.64 bits per heavy atom. The molecule has 5 rings (SSSR count). The van der Waals surface area contributed by atoms with E-state index in [1.807, 2.05) is 23.5 Å². The van der Waals surface area contributed by atoms with Crippen molar-refractivity contribution in [1.82, 2.24) is 4.57 Å². The summed E-state index contributed by atoms with van der Waals surface area (Å²) in [6, 6.07) is 22.0. The van der Waals surface area contributed by atoms with E-state index in [4.69, 9.17) is 0 Å². The zero-order chi connectivity index (χ0) is 19.3. The molecule has 0 N–H and O–H groups in total. The van der Waals surface area contributed by atoms with Crippen LogP contribution in [0.1, 0.15) is 16.8 Å². The van der Waals surface area contributed by atoms with E-state index >= 15 is 0 Å².